The molecule has 0 fully saturated rings. The highest BCUT2D eigenvalue weighted by Crippen LogP contribution is 2.02. The van der Waals surface area contributed by atoms with Gasteiger partial charge in [-0.25, -0.2) is 4.98 Å². The molecule has 0 amide bonds. The number of aliphatic hydroxyl groups excluding tert-OH is 1. The summed E-state index contributed by atoms with van der Waals surface area (Å²) in [5, 5.41) is 8.83. The predicted octanol–water partition coefficient (Wildman–Crippen LogP) is 0.978. The van der Waals surface area contributed by atoms with E-state index in [2.05, 4.69) is 4.98 Å². The van der Waals surface area contributed by atoms with Crippen molar-refractivity contribution in [3.05, 3.63) is 27.4 Å². The van der Waals surface area contributed by atoms with Crippen molar-refractivity contribution in [3.8, 4) is 0 Å². The van der Waals surface area contributed by atoms with Crippen molar-refractivity contribution < 1.29 is 5.11 Å². The van der Waals surface area contributed by atoms with Crippen LogP contribution in [0, 0.1) is 6.92 Å². The normalized spacial score (nSPS) is 10.5. The van der Waals surface area contributed by atoms with Crippen molar-refractivity contribution in [2.24, 2.45) is 0 Å². The van der Waals surface area contributed by atoms with Crippen LogP contribution < -0.4 is 5.56 Å². The summed E-state index contributed by atoms with van der Waals surface area (Å²) in [6.45, 7) is 2.47. The van der Waals surface area contributed by atoms with Crippen LogP contribution in [0.4, 0.5) is 0 Å². The summed E-state index contributed by atoms with van der Waals surface area (Å²) in [5.41, 5.74) is -0.138. The van der Waals surface area contributed by atoms with Crippen molar-refractivity contribution in [2.45, 2.75) is 26.3 Å². The van der Waals surface area contributed by atoms with E-state index in [4.69, 9.17) is 16.7 Å². The Bertz CT molecular complexity index is 362. The van der Waals surface area contributed by atoms with Crippen LogP contribution in [-0.4, -0.2) is 21.3 Å². The molecule has 5 heteroatoms. The Morgan fingerprint density at radius 3 is 2.86 bits per heavy atom. The Morgan fingerprint density at radius 2 is 2.29 bits per heavy atom. The van der Waals surface area contributed by atoms with Gasteiger partial charge in [-0.1, -0.05) is 11.6 Å². The third-order valence-electron chi connectivity index (χ3n) is 1.96. The predicted molar refractivity (Wildman–Crippen MR) is 54.6 cm³/mol. The van der Waals surface area contributed by atoms with Crippen molar-refractivity contribution >= 4 is 11.6 Å². The first kappa shape index (κ1) is 11.2. The van der Waals surface area contributed by atoms with E-state index in [-0.39, 0.29) is 17.3 Å². The molecule has 0 atom stereocenters. The van der Waals surface area contributed by atoms with Gasteiger partial charge in [0.25, 0.3) is 5.56 Å². The Hall–Kier alpha value is -0.870. The zero-order valence-electron chi connectivity index (χ0n) is 8.03. The fourth-order valence-corrected chi connectivity index (χ4v) is 1.46. The first-order valence-electron chi connectivity index (χ1n) is 4.50. The average molecular weight is 217 g/mol. The van der Waals surface area contributed by atoms with Crippen molar-refractivity contribution in [1.82, 2.24) is 9.55 Å². The second-order valence-electron chi connectivity index (χ2n) is 3.05. The van der Waals surface area contributed by atoms with Gasteiger partial charge in [-0.2, -0.15) is 0 Å². The lowest BCUT2D eigenvalue weighted by Gasteiger charge is -2.07. The third kappa shape index (κ3) is 2.82. The maximum Gasteiger partial charge on any atom is 0.254 e. The lowest BCUT2D eigenvalue weighted by Crippen LogP contribution is -2.23. The van der Waals surface area contributed by atoms with E-state index in [0.717, 1.165) is 6.42 Å². The van der Waals surface area contributed by atoms with Gasteiger partial charge in [0, 0.05) is 19.2 Å². The van der Waals surface area contributed by atoms with Gasteiger partial charge in [0.15, 0.2) is 0 Å². The lowest BCUT2D eigenvalue weighted by atomic mass is 10.3. The maximum atomic E-state index is 11.4. The fourth-order valence-electron chi connectivity index (χ4n) is 1.24. The molecule has 0 radical (unpaired) electrons. The van der Waals surface area contributed by atoms with Gasteiger partial charge in [0.2, 0.25) is 0 Å². The van der Waals surface area contributed by atoms with Gasteiger partial charge in [0.1, 0.15) is 11.0 Å². The number of halogens is 1. The van der Waals surface area contributed by atoms with Crippen LogP contribution in [-0.2, 0) is 6.54 Å². The summed E-state index contributed by atoms with van der Waals surface area (Å²) in [7, 11) is 0. The summed E-state index contributed by atoms with van der Waals surface area (Å²) in [6, 6.07) is 1.30. The van der Waals surface area contributed by atoms with Crippen LogP contribution in [0.5, 0.6) is 0 Å². The molecule has 0 bridgehead atoms. The molecule has 4 nitrogen and oxygen atoms in total. The third-order valence-corrected chi connectivity index (χ3v) is 2.15. The molecule has 0 aliphatic carbocycles. The number of rotatable bonds is 4. The van der Waals surface area contributed by atoms with Gasteiger partial charge >= 0.3 is 0 Å². The van der Waals surface area contributed by atoms with Gasteiger partial charge in [0.05, 0.1) is 0 Å². The van der Waals surface area contributed by atoms with Crippen LogP contribution in [0.15, 0.2) is 10.9 Å². The first-order valence-corrected chi connectivity index (χ1v) is 4.88. The number of hydrogen-bond donors (Lipinski definition) is 1. The quantitative estimate of drug-likeness (QED) is 0.603. The van der Waals surface area contributed by atoms with E-state index >= 15 is 0 Å². The molecule has 0 aliphatic rings. The van der Waals surface area contributed by atoms with Crippen molar-refractivity contribution in [2.75, 3.05) is 6.61 Å². The molecule has 0 spiro atoms. The second kappa shape index (κ2) is 5.12. The minimum atomic E-state index is -0.138. The van der Waals surface area contributed by atoms with Gasteiger partial charge in [-0.15, -0.1) is 0 Å². The SMILES string of the molecule is Cc1nc(Cl)cc(=O)n1CCCCO. The summed E-state index contributed by atoms with van der Waals surface area (Å²) >= 11 is 5.62. The van der Waals surface area contributed by atoms with Crippen LogP contribution in [0.3, 0.4) is 0 Å². The summed E-state index contributed by atoms with van der Waals surface area (Å²) < 4.78 is 1.56. The Balaban J connectivity index is 2.81. The van der Waals surface area contributed by atoms with Crippen molar-refractivity contribution in [3.63, 3.8) is 0 Å². The van der Waals surface area contributed by atoms with Crippen LogP contribution in [0.25, 0.3) is 0 Å². The minimum absolute atomic E-state index is 0.138. The minimum Gasteiger partial charge on any atom is -0.396 e. The Kier molecular flexibility index (Phi) is 4.10. The smallest absolute Gasteiger partial charge is 0.254 e. The second-order valence-corrected chi connectivity index (χ2v) is 3.43. The van der Waals surface area contributed by atoms with E-state index in [1.165, 1.54) is 6.07 Å². The molecule has 1 heterocycles. The van der Waals surface area contributed by atoms with Crippen LogP contribution in [0.1, 0.15) is 18.7 Å². The standard InChI is InChI=1S/C9H13ClN2O2/c1-7-11-8(10)6-9(14)12(7)4-2-3-5-13/h6,13H,2-5H2,1H3. The first-order chi connectivity index (χ1) is 6.65. The molecule has 1 rings (SSSR count). The zero-order chi connectivity index (χ0) is 10.6. The highest BCUT2D eigenvalue weighted by molar-refractivity contribution is 6.29. The highest BCUT2D eigenvalue weighted by Gasteiger charge is 2.02. The topological polar surface area (TPSA) is 55.1 Å². The summed E-state index contributed by atoms with van der Waals surface area (Å²) in [4.78, 5) is 15.4. The van der Waals surface area contributed by atoms with Gasteiger partial charge < -0.3 is 5.11 Å². The number of aryl methyl sites for hydroxylation is 1. The summed E-state index contributed by atoms with van der Waals surface area (Å²) in [6.07, 6.45) is 1.45. The van der Waals surface area contributed by atoms with Crippen LogP contribution in [0.2, 0.25) is 5.15 Å². The molecule has 0 unspecified atom stereocenters. The molecule has 0 aromatic carbocycles. The number of unbranched alkanes of at least 4 members (excludes halogenated alkanes) is 1. The number of aromatic nitrogens is 2. The number of nitrogens with zero attached hydrogens (tertiary/aromatic N) is 2. The van der Waals surface area contributed by atoms with E-state index in [1.54, 1.807) is 11.5 Å². The molecule has 0 saturated heterocycles. The molecule has 14 heavy (non-hydrogen) atoms. The van der Waals surface area contributed by atoms with E-state index in [9.17, 15) is 4.79 Å². The zero-order valence-corrected chi connectivity index (χ0v) is 8.79. The van der Waals surface area contributed by atoms with Crippen molar-refractivity contribution in [1.29, 1.82) is 0 Å². The molecule has 0 aliphatic heterocycles. The molecule has 1 N–H and O–H groups in total. The molecular formula is C9H13ClN2O2. The van der Waals surface area contributed by atoms with Crippen LogP contribution >= 0.6 is 11.6 Å². The monoisotopic (exact) mass is 216 g/mol. The molecule has 1 aromatic heterocycles. The van der Waals surface area contributed by atoms with E-state index in [1.807, 2.05) is 0 Å². The molecule has 78 valence electrons. The fraction of sp³-hybridized carbons (Fsp3) is 0.556. The molecular weight excluding hydrogens is 204 g/mol. The summed E-state index contributed by atoms with van der Waals surface area (Å²) in [5.74, 6) is 0.612. The molecule has 1 aromatic rings. The number of hydrogen-bond acceptors (Lipinski definition) is 3. The van der Waals surface area contributed by atoms with E-state index in [0.29, 0.717) is 18.8 Å². The Morgan fingerprint density at radius 1 is 1.57 bits per heavy atom. The Labute approximate surface area is 87.2 Å². The molecule has 0 saturated carbocycles. The van der Waals surface area contributed by atoms with Gasteiger partial charge in [-0.3, -0.25) is 9.36 Å². The average Bonchev–Trinajstić information content (AvgIpc) is 2.09. The largest absolute Gasteiger partial charge is 0.396 e. The number of aliphatic hydroxyl groups is 1. The maximum absolute atomic E-state index is 11.4. The van der Waals surface area contributed by atoms with Gasteiger partial charge in [-0.05, 0) is 19.8 Å². The lowest BCUT2D eigenvalue weighted by molar-refractivity contribution is 0.280. The van der Waals surface area contributed by atoms with E-state index < -0.39 is 0 Å². The highest BCUT2D eigenvalue weighted by atomic mass is 35.5.